The van der Waals surface area contributed by atoms with Gasteiger partial charge in [-0.1, -0.05) is 12.1 Å². The van der Waals surface area contributed by atoms with Crippen LogP contribution in [-0.2, 0) is 16.1 Å². The molecule has 0 spiro atoms. The molecule has 2 aromatic rings. The third kappa shape index (κ3) is 2.36. The minimum Gasteiger partial charge on any atom is -0.344 e. The topological polar surface area (TPSA) is 78.1 Å². The molecular weight excluding hydrogens is 256 g/mol. The number of rotatable bonds is 3. The molecule has 1 aromatic carbocycles. The zero-order valence-corrected chi connectivity index (χ0v) is 11.2. The van der Waals surface area contributed by atoms with Crippen LogP contribution < -0.4 is 5.32 Å². The van der Waals surface area contributed by atoms with Crippen molar-refractivity contribution in [3.05, 3.63) is 30.1 Å². The first-order chi connectivity index (χ1) is 9.63. The molecule has 0 bridgehead atoms. The van der Waals surface area contributed by atoms with Gasteiger partial charge in [0.2, 0.25) is 11.8 Å². The Bertz CT molecular complexity index is 631. The summed E-state index contributed by atoms with van der Waals surface area (Å²) >= 11 is 0. The highest BCUT2D eigenvalue weighted by Crippen LogP contribution is 2.13. The number of H-pyrrole nitrogens is 1. The van der Waals surface area contributed by atoms with Crippen molar-refractivity contribution in [3.8, 4) is 0 Å². The number of carbonyl (C=O) groups is 2. The van der Waals surface area contributed by atoms with Gasteiger partial charge in [-0.25, -0.2) is 4.98 Å². The quantitative estimate of drug-likeness (QED) is 0.867. The summed E-state index contributed by atoms with van der Waals surface area (Å²) in [4.78, 5) is 32.6. The number of hydrogen-bond donors (Lipinski definition) is 2. The van der Waals surface area contributed by atoms with E-state index in [2.05, 4.69) is 15.3 Å². The number of aromatic nitrogens is 2. The number of benzene rings is 1. The Kier molecular flexibility index (Phi) is 3.14. The minimum absolute atomic E-state index is 0.0551. The van der Waals surface area contributed by atoms with E-state index in [0.29, 0.717) is 19.4 Å². The Labute approximate surface area is 116 Å². The number of nitrogens with zero attached hydrogens (tertiary/aromatic N) is 2. The predicted octanol–water partition coefficient (Wildman–Crippen LogP) is 0.800. The fourth-order valence-corrected chi connectivity index (χ4v) is 2.45. The van der Waals surface area contributed by atoms with Crippen molar-refractivity contribution >= 4 is 22.8 Å². The molecule has 2 N–H and O–H groups in total. The Morgan fingerprint density at radius 3 is 2.95 bits per heavy atom. The number of likely N-dealkylation sites (N-methyl/N-ethyl adjacent to an activating group) is 1. The first-order valence-corrected chi connectivity index (χ1v) is 6.61. The molecule has 1 saturated heterocycles. The summed E-state index contributed by atoms with van der Waals surface area (Å²) in [6.45, 7) is 0.403. The van der Waals surface area contributed by atoms with E-state index < -0.39 is 6.04 Å². The first kappa shape index (κ1) is 12.7. The highest BCUT2D eigenvalue weighted by Gasteiger charge is 2.29. The Hall–Kier alpha value is -2.37. The van der Waals surface area contributed by atoms with Crippen LogP contribution in [0.3, 0.4) is 0 Å². The van der Waals surface area contributed by atoms with Crippen molar-refractivity contribution in [2.24, 2.45) is 0 Å². The van der Waals surface area contributed by atoms with E-state index in [-0.39, 0.29) is 11.8 Å². The first-order valence-electron chi connectivity index (χ1n) is 6.61. The maximum absolute atomic E-state index is 12.2. The van der Waals surface area contributed by atoms with Gasteiger partial charge in [-0.05, 0) is 18.6 Å². The van der Waals surface area contributed by atoms with Crippen LogP contribution in [0.2, 0.25) is 0 Å². The van der Waals surface area contributed by atoms with Crippen LogP contribution in [0.4, 0.5) is 0 Å². The Morgan fingerprint density at radius 1 is 1.45 bits per heavy atom. The number of carbonyl (C=O) groups excluding carboxylic acids is 2. The molecule has 1 unspecified atom stereocenters. The van der Waals surface area contributed by atoms with Crippen molar-refractivity contribution in [2.75, 3.05) is 7.05 Å². The zero-order chi connectivity index (χ0) is 14.1. The highest BCUT2D eigenvalue weighted by molar-refractivity contribution is 5.90. The molecule has 1 aliphatic rings. The summed E-state index contributed by atoms with van der Waals surface area (Å²) in [6.07, 6.45) is 0.997. The van der Waals surface area contributed by atoms with Crippen LogP contribution in [0.5, 0.6) is 0 Å². The molecule has 3 rings (SSSR count). The smallest absolute Gasteiger partial charge is 0.245 e. The molecule has 20 heavy (non-hydrogen) atoms. The molecule has 0 aliphatic carbocycles. The fraction of sp³-hybridized carbons (Fsp3) is 0.357. The predicted molar refractivity (Wildman–Crippen MR) is 73.7 cm³/mol. The molecule has 6 nitrogen and oxygen atoms in total. The lowest BCUT2D eigenvalue weighted by molar-refractivity contribution is -0.133. The number of fused-ring (bicyclic) bond motifs is 1. The summed E-state index contributed by atoms with van der Waals surface area (Å²) in [5.41, 5.74) is 1.84. The van der Waals surface area contributed by atoms with Crippen LogP contribution in [-0.4, -0.2) is 39.8 Å². The van der Waals surface area contributed by atoms with E-state index in [9.17, 15) is 9.59 Å². The lowest BCUT2D eigenvalue weighted by Crippen LogP contribution is -2.42. The monoisotopic (exact) mass is 272 g/mol. The van der Waals surface area contributed by atoms with Gasteiger partial charge in [0.15, 0.2) is 0 Å². The van der Waals surface area contributed by atoms with Gasteiger partial charge in [0.05, 0.1) is 17.6 Å². The van der Waals surface area contributed by atoms with Crippen LogP contribution in [0.15, 0.2) is 24.3 Å². The van der Waals surface area contributed by atoms with Crippen molar-refractivity contribution < 1.29 is 9.59 Å². The minimum atomic E-state index is -0.392. The number of para-hydroxylation sites is 2. The number of aromatic amines is 1. The van der Waals surface area contributed by atoms with E-state index in [4.69, 9.17) is 0 Å². The molecule has 1 aliphatic heterocycles. The number of hydrogen-bond acceptors (Lipinski definition) is 3. The maximum Gasteiger partial charge on any atom is 0.245 e. The summed E-state index contributed by atoms with van der Waals surface area (Å²) in [6, 6.07) is 7.35. The lowest BCUT2D eigenvalue weighted by Gasteiger charge is -2.19. The van der Waals surface area contributed by atoms with Gasteiger partial charge in [0, 0.05) is 13.5 Å². The number of nitrogens with one attached hydrogen (secondary N) is 2. The largest absolute Gasteiger partial charge is 0.344 e. The van der Waals surface area contributed by atoms with Gasteiger partial charge in [-0.15, -0.1) is 0 Å². The second kappa shape index (κ2) is 4.96. The van der Waals surface area contributed by atoms with Crippen LogP contribution in [0.25, 0.3) is 11.0 Å². The molecule has 104 valence electrons. The van der Waals surface area contributed by atoms with Gasteiger partial charge in [-0.2, -0.15) is 0 Å². The SMILES string of the molecule is CN(Cc1nc2ccccc2[nH]1)C(=O)C1CCC(=O)N1. The van der Waals surface area contributed by atoms with E-state index in [1.54, 1.807) is 11.9 Å². The normalized spacial score (nSPS) is 18.2. The average Bonchev–Trinajstić information content (AvgIpc) is 3.03. The zero-order valence-electron chi connectivity index (χ0n) is 11.2. The molecule has 2 heterocycles. The van der Waals surface area contributed by atoms with Gasteiger partial charge in [0.1, 0.15) is 11.9 Å². The van der Waals surface area contributed by atoms with Crippen molar-refractivity contribution in [1.29, 1.82) is 0 Å². The van der Waals surface area contributed by atoms with E-state index >= 15 is 0 Å². The lowest BCUT2D eigenvalue weighted by atomic mass is 10.2. The summed E-state index contributed by atoms with van der Waals surface area (Å²) in [5.74, 6) is 0.614. The highest BCUT2D eigenvalue weighted by atomic mass is 16.2. The van der Waals surface area contributed by atoms with Gasteiger partial charge >= 0.3 is 0 Å². The molecule has 0 radical (unpaired) electrons. The Balaban J connectivity index is 1.70. The number of imidazole rings is 1. The molecular formula is C14H16N4O2. The molecule has 2 amide bonds. The second-order valence-corrected chi connectivity index (χ2v) is 5.05. The van der Waals surface area contributed by atoms with Gasteiger partial charge in [-0.3, -0.25) is 9.59 Å². The summed E-state index contributed by atoms with van der Waals surface area (Å²) in [5, 5.41) is 2.69. The van der Waals surface area contributed by atoms with E-state index in [0.717, 1.165) is 16.9 Å². The van der Waals surface area contributed by atoms with Crippen LogP contribution in [0.1, 0.15) is 18.7 Å². The second-order valence-electron chi connectivity index (χ2n) is 5.05. The fourth-order valence-electron chi connectivity index (χ4n) is 2.45. The molecule has 1 aromatic heterocycles. The van der Waals surface area contributed by atoms with Gasteiger partial charge in [0.25, 0.3) is 0 Å². The summed E-state index contributed by atoms with van der Waals surface area (Å²) < 4.78 is 0. The van der Waals surface area contributed by atoms with E-state index in [1.807, 2.05) is 24.3 Å². The third-order valence-corrected chi connectivity index (χ3v) is 3.49. The molecule has 0 saturated carbocycles. The maximum atomic E-state index is 12.2. The van der Waals surface area contributed by atoms with Crippen molar-refractivity contribution in [3.63, 3.8) is 0 Å². The van der Waals surface area contributed by atoms with Gasteiger partial charge < -0.3 is 15.2 Å². The summed E-state index contributed by atoms with van der Waals surface area (Å²) in [7, 11) is 1.72. The number of amides is 2. The molecule has 1 atom stereocenters. The average molecular weight is 272 g/mol. The van der Waals surface area contributed by atoms with E-state index in [1.165, 1.54) is 0 Å². The molecule has 1 fully saturated rings. The molecule has 6 heteroatoms. The third-order valence-electron chi connectivity index (χ3n) is 3.49. The Morgan fingerprint density at radius 2 is 2.25 bits per heavy atom. The van der Waals surface area contributed by atoms with Crippen molar-refractivity contribution in [2.45, 2.75) is 25.4 Å². The van der Waals surface area contributed by atoms with Crippen molar-refractivity contribution in [1.82, 2.24) is 20.2 Å². The van der Waals surface area contributed by atoms with Crippen LogP contribution >= 0.6 is 0 Å². The standard InChI is InChI=1S/C14H16N4O2/c1-18(14(20)11-6-7-13(19)17-11)8-12-15-9-4-2-3-5-10(9)16-12/h2-5,11H,6-8H2,1H3,(H,15,16)(H,17,19). The van der Waals surface area contributed by atoms with Crippen LogP contribution in [0, 0.1) is 0 Å².